The highest BCUT2D eigenvalue weighted by Gasteiger charge is 2.33. The number of nitrogens with one attached hydrogen (secondary N) is 1. The second-order valence-corrected chi connectivity index (χ2v) is 6.03. The fourth-order valence-electron chi connectivity index (χ4n) is 2.17. The summed E-state index contributed by atoms with van der Waals surface area (Å²) in [6.45, 7) is 0. The van der Waals surface area contributed by atoms with Gasteiger partial charge in [-0.05, 0) is 64.1 Å². The first kappa shape index (κ1) is 15.6. The van der Waals surface area contributed by atoms with Gasteiger partial charge >= 0.3 is 0 Å². The highest BCUT2D eigenvalue weighted by molar-refractivity contribution is 9.10. The minimum Gasteiger partial charge on any atom is -0.507 e. The fraction of sp³-hybridized carbons (Fsp3) is 0. The lowest BCUT2D eigenvalue weighted by Crippen LogP contribution is -2.31. The molecular formula is C16H10BrFN2O2S. The molecule has 116 valence electrons. The summed E-state index contributed by atoms with van der Waals surface area (Å²) in [5.74, 6) is -0.871. The van der Waals surface area contributed by atoms with Crippen LogP contribution < -0.4 is 10.2 Å². The number of aromatic hydroxyl groups is 1. The number of hydrogen-bond donors (Lipinski definition) is 2. The van der Waals surface area contributed by atoms with Crippen LogP contribution in [0.4, 0.5) is 10.1 Å². The van der Waals surface area contributed by atoms with Gasteiger partial charge < -0.3 is 10.4 Å². The van der Waals surface area contributed by atoms with Gasteiger partial charge in [0.1, 0.15) is 17.3 Å². The summed E-state index contributed by atoms with van der Waals surface area (Å²) in [7, 11) is 0. The summed E-state index contributed by atoms with van der Waals surface area (Å²) in [6.07, 6.45) is 1.58. The SMILES string of the molecule is O=C1/C(=C/c2ccc(O)c(Br)c2)NC(=S)N1c1ccccc1F. The van der Waals surface area contributed by atoms with Crippen LogP contribution >= 0.6 is 28.1 Å². The number of rotatable bonds is 2. The molecule has 2 aromatic rings. The van der Waals surface area contributed by atoms with Crippen molar-refractivity contribution in [1.29, 1.82) is 0 Å². The van der Waals surface area contributed by atoms with Gasteiger partial charge in [-0.15, -0.1) is 0 Å². The molecule has 0 atom stereocenters. The van der Waals surface area contributed by atoms with Crippen LogP contribution in [0.2, 0.25) is 0 Å². The second kappa shape index (κ2) is 6.10. The van der Waals surface area contributed by atoms with Crippen molar-refractivity contribution < 1.29 is 14.3 Å². The predicted molar refractivity (Wildman–Crippen MR) is 93.4 cm³/mol. The van der Waals surface area contributed by atoms with Crippen molar-refractivity contribution in [3.8, 4) is 5.75 Å². The Morgan fingerprint density at radius 1 is 1.26 bits per heavy atom. The van der Waals surface area contributed by atoms with Crippen LogP contribution in [-0.2, 0) is 4.79 Å². The van der Waals surface area contributed by atoms with Gasteiger partial charge in [-0.25, -0.2) is 9.29 Å². The topological polar surface area (TPSA) is 52.6 Å². The summed E-state index contributed by atoms with van der Waals surface area (Å²) in [4.78, 5) is 13.6. The summed E-state index contributed by atoms with van der Waals surface area (Å²) in [5, 5.41) is 12.4. The molecule has 1 heterocycles. The standard InChI is InChI=1S/C16H10BrFN2O2S/c17-10-7-9(5-6-14(10)21)8-12-15(22)20(16(23)19-12)13-4-2-1-3-11(13)18/h1-8,21H,(H,19,23)/b12-8-. The van der Waals surface area contributed by atoms with E-state index in [1.807, 2.05) is 0 Å². The van der Waals surface area contributed by atoms with Crippen LogP contribution in [0.15, 0.2) is 52.6 Å². The van der Waals surface area contributed by atoms with Gasteiger partial charge in [0.25, 0.3) is 5.91 Å². The zero-order chi connectivity index (χ0) is 16.6. The minimum atomic E-state index is -0.529. The second-order valence-electron chi connectivity index (χ2n) is 4.79. The molecule has 0 unspecified atom stereocenters. The molecule has 2 N–H and O–H groups in total. The molecule has 0 radical (unpaired) electrons. The number of thiocarbonyl (C=S) groups is 1. The molecule has 0 bridgehead atoms. The van der Waals surface area contributed by atoms with E-state index in [1.54, 1.807) is 30.3 Å². The first-order chi connectivity index (χ1) is 11.0. The largest absolute Gasteiger partial charge is 0.507 e. The van der Waals surface area contributed by atoms with Crippen molar-refractivity contribution in [3.05, 3.63) is 64.0 Å². The number of halogens is 2. The van der Waals surface area contributed by atoms with Crippen molar-refractivity contribution in [2.45, 2.75) is 0 Å². The van der Waals surface area contributed by atoms with Crippen molar-refractivity contribution in [1.82, 2.24) is 5.32 Å². The first-order valence-electron chi connectivity index (χ1n) is 6.57. The van der Waals surface area contributed by atoms with Crippen molar-refractivity contribution in [3.63, 3.8) is 0 Å². The molecule has 0 aromatic heterocycles. The van der Waals surface area contributed by atoms with Crippen molar-refractivity contribution >= 4 is 50.9 Å². The van der Waals surface area contributed by atoms with E-state index in [0.717, 1.165) is 4.90 Å². The summed E-state index contributed by atoms with van der Waals surface area (Å²) >= 11 is 8.35. The number of carbonyl (C=O) groups is 1. The van der Waals surface area contributed by atoms with Gasteiger partial charge in [-0.1, -0.05) is 18.2 Å². The number of hydrogen-bond acceptors (Lipinski definition) is 3. The number of phenolic OH excluding ortho intramolecular Hbond substituents is 1. The number of phenols is 1. The van der Waals surface area contributed by atoms with Crippen molar-refractivity contribution in [2.24, 2.45) is 0 Å². The summed E-state index contributed by atoms with van der Waals surface area (Å²) < 4.78 is 14.4. The maximum Gasteiger partial charge on any atom is 0.281 e. The molecule has 2 aromatic carbocycles. The molecule has 1 saturated heterocycles. The third kappa shape index (κ3) is 2.97. The normalized spacial score (nSPS) is 16.1. The average molecular weight is 393 g/mol. The molecule has 1 fully saturated rings. The Labute approximate surface area is 145 Å². The Balaban J connectivity index is 1.96. The smallest absolute Gasteiger partial charge is 0.281 e. The maximum atomic E-state index is 13.9. The monoisotopic (exact) mass is 392 g/mol. The van der Waals surface area contributed by atoms with E-state index < -0.39 is 11.7 Å². The molecule has 0 saturated carbocycles. The fourth-order valence-corrected chi connectivity index (χ4v) is 2.85. The zero-order valence-corrected chi connectivity index (χ0v) is 14.0. The molecular weight excluding hydrogens is 383 g/mol. The number of para-hydroxylation sites is 1. The Hall–Kier alpha value is -2.25. The number of carbonyl (C=O) groups excluding carboxylic acids is 1. The molecule has 3 rings (SSSR count). The maximum absolute atomic E-state index is 13.9. The quantitative estimate of drug-likeness (QED) is 0.605. The third-order valence-corrected chi connectivity index (χ3v) is 4.17. The number of amides is 1. The number of nitrogens with zero attached hydrogens (tertiary/aromatic N) is 1. The van der Waals surface area contributed by atoms with Crippen LogP contribution in [0.25, 0.3) is 6.08 Å². The first-order valence-corrected chi connectivity index (χ1v) is 7.77. The van der Waals surface area contributed by atoms with Crippen LogP contribution in [0.1, 0.15) is 5.56 Å². The lowest BCUT2D eigenvalue weighted by atomic mass is 10.2. The highest BCUT2D eigenvalue weighted by atomic mass is 79.9. The van der Waals surface area contributed by atoms with E-state index in [4.69, 9.17) is 12.2 Å². The Morgan fingerprint density at radius 3 is 2.70 bits per heavy atom. The molecule has 1 amide bonds. The zero-order valence-electron chi connectivity index (χ0n) is 11.6. The Bertz CT molecular complexity index is 854. The van der Waals surface area contributed by atoms with Crippen LogP contribution in [0.5, 0.6) is 5.75 Å². The molecule has 4 nitrogen and oxygen atoms in total. The minimum absolute atomic E-state index is 0.0985. The van der Waals surface area contributed by atoms with Gasteiger partial charge in [0, 0.05) is 0 Å². The van der Waals surface area contributed by atoms with Gasteiger partial charge in [-0.2, -0.15) is 0 Å². The Morgan fingerprint density at radius 2 is 2.00 bits per heavy atom. The van der Waals surface area contributed by atoms with E-state index in [-0.39, 0.29) is 22.2 Å². The number of benzene rings is 2. The third-order valence-electron chi connectivity index (χ3n) is 3.25. The van der Waals surface area contributed by atoms with Gasteiger partial charge in [0.15, 0.2) is 5.11 Å². The van der Waals surface area contributed by atoms with E-state index in [2.05, 4.69) is 21.2 Å². The molecule has 7 heteroatoms. The molecule has 1 aliphatic heterocycles. The summed E-state index contributed by atoms with van der Waals surface area (Å²) in [5.41, 5.74) is 1.02. The van der Waals surface area contributed by atoms with Crippen LogP contribution in [-0.4, -0.2) is 16.1 Å². The van der Waals surface area contributed by atoms with Crippen LogP contribution in [0.3, 0.4) is 0 Å². The molecule has 0 spiro atoms. The number of anilines is 1. The van der Waals surface area contributed by atoms with E-state index in [9.17, 15) is 14.3 Å². The highest BCUT2D eigenvalue weighted by Crippen LogP contribution is 2.27. The average Bonchev–Trinajstić information content (AvgIpc) is 2.78. The van der Waals surface area contributed by atoms with E-state index in [0.29, 0.717) is 10.0 Å². The van der Waals surface area contributed by atoms with E-state index in [1.165, 1.54) is 18.2 Å². The van der Waals surface area contributed by atoms with Crippen molar-refractivity contribution in [2.75, 3.05) is 4.90 Å². The predicted octanol–water partition coefficient (Wildman–Crippen LogP) is 3.56. The molecule has 0 aliphatic carbocycles. The van der Waals surface area contributed by atoms with Gasteiger partial charge in [0.2, 0.25) is 0 Å². The van der Waals surface area contributed by atoms with Crippen LogP contribution in [0, 0.1) is 5.82 Å². The van der Waals surface area contributed by atoms with E-state index >= 15 is 0 Å². The van der Waals surface area contributed by atoms with Gasteiger partial charge in [0.05, 0.1) is 10.2 Å². The van der Waals surface area contributed by atoms with Gasteiger partial charge in [-0.3, -0.25) is 4.79 Å². The lowest BCUT2D eigenvalue weighted by Gasteiger charge is -2.14. The lowest BCUT2D eigenvalue weighted by molar-refractivity contribution is -0.113. The molecule has 23 heavy (non-hydrogen) atoms. The molecule has 1 aliphatic rings. The Kier molecular flexibility index (Phi) is 4.14. The summed E-state index contributed by atoms with van der Waals surface area (Å²) in [6, 6.07) is 10.7.